The normalized spacial score (nSPS) is 21.1. The number of hydrogen-bond donors (Lipinski definition) is 0. The maximum atomic E-state index is 12.8. The zero-order chi connectivity index (χ0) is 32.4. The minimum absolute atomic E-state index is 0.0556. The van der Waals surface area contributed by atoms with Gasteiger partial charge in [-0.3, -0.25) is 9.59 Å². The highest BCUT2D eigenvalue weighted by molar-refractivity contribution is 5.89. The number of ether oxygens (including phenoxy) is 5. The second-order valence-corrected chi connectivity index (χ2v) is 11.6. The second-order valence-electron chi connectivity index (χ2n) is 11.6. The maximum Gasteiger partial charge on any atom is 0.338 e. The first kappa shape index (κ1) is 35.5. The zero-order valence-corrected chi connectivity index (χ0v) is 26.1. The summed E-state index contributed by atoms with van der Waals surface area (Å²) >= 11 is 0. The topological polar surface area (TPSA) is 132 Å². The average molecular weight is 627 g/mol. The molecule has 0 saturated heterocycles. The van der Waals surface area contributed by atoms with Crippen LogP contribution < -0.4 is 4.74 Å². The number of hydrogen-bond acceptors (Lipinski definition) is 10. The molecule has 3 rings (SSSR count). The van der Waals surface area contributed by atoms with Crippen LogP contribution in [0.1, 0.15) is 87.4 Å². The van der Waals surface area contributed by atoms with Crippen molar-refractivity contribution in [3.05, 3.63) is 55.1 Å². The largest absolute Gasteiger partial charge is 0.465 e. The van der Waals surface area contributed by atoms with E-state index in [1.165, 1.54) is 0 Å². The lowest BCUT2D eigenvalue weighted by molar-refractivity contribution is -0.151. The summed E-state index contributed by atoms with van der Waals surface area (Å²) in [5, 5.41) is 0. The van der Waals surface area contributed by atoms with E-state index in [1.54, 1.807) is 24.3 Å². The van der Waals surface area contributed by atoms with Gasteiger partial charge in [0.05, 0.1) is 43.8 Å². The van der Waals surface area contributed by atoms with Gasteiger partial charge < -0.3 is 23.7 Å². The van der Waals surface area contributed by atoms with Crippen LogP contribution in [0.5, 0.6) is 5.75 Å². The number of unbranched alkanes of at least 4 members (excludes halogenated alkanes) is 2. The van der Waals surface area contributed by atoms with E-state index >= 15 is 0 Å². The van der Waals surface area contributed by atoms with Crippen molar-refractivity contribution in [3.63, 3.8) is 0 Å². The maximum absolute atomic E-state index is 12.8. The molecule has 1 aromatic rings. The van der Waals surface area contributed by atoms with Crippen LogP contribution in [0.3, 0.4) is 0 Å². The highest BCUT2D eigenvalue weighted by Crippen LogP contribution is 2.42. The van der Waals surface area contributed by atoms with Gasteiger partial charge in [0.1, 0.15) is 5.75 Å². The smallest absolute Gasteiger partial charge is 0.338 e. The van der Waals surface area contributed by atoms with Gasteiger partial charge in [0.15, 0.2) is 0 Å². The van der Waals surface area contributed by atoms with Crippen LogP contribution in [-0.2, 0) is 38.1 Å². The molecule has 2 aliphatic carbocycles. The first-order chi connectivity index (χ1) is 21.8. The highest BCUT2D eigenvalue weighted by Gasteiger charge is 2.35. The van der Waals surface area contributed by atoms with Crippen LogP contribution in [0, 0.1) is 23.7 Å². The van der Waals surface area contributed by atoms with E-state index in [0.29, 0.717) is 62.0 Å². The Morgan fingerprint density at radius 2 is 1.00 bits per heavy atom. The molecule has 10 nitrogen and oxygen atoms in total. The van der Waals surface area contributed by atoms with Crippen molar-refractivity contribution >= 4 is 29.8 Å². The number of benzene rings is 1. The minimum Gasteiger partial charge on any atom is -0.465 e. The van der Waals surface area contributed by atoms with Crippen LogP contribution >= 0.6 is 0 Å². The van der Waals surface area contributed by atoms with Crippen molar-refractivity contribution in [3.8, 4) is 5.75 Å². The monoisotopic (exact) mass is 626 g/mol. The van der Waals surface area contributed by atoms with Gasteiger partial charge in [-0.05, 0) is 113 Å². The highest BCUT2D eigenvalue weighted by atomic mass is 16.5. The van der Waals surface area contributed by atoms with Gasteiger partial charge >= 0.3 is 29.8 Å². The predicted molar refractivity (Wildman–Crippen MR) is 165 cm³/mol. The lowest BCUT2D eigenvalue weighted by Gasteiger charge is -2.36. The van der Waals surface area contributed by atoms with Gasteiger partial charge in [0, 0.05) is 12.2 Å². The fourth-order valence-electron chi connectivity index (χ4n) is 5.92. The summed E-state index contributed by atoms with van der Waals surface area (Å²) in [6, 6.07) is 6.34. The van der Waals surface area contributed by atoms with Crippen LogP contribution in [0.15, 0.2) is 49.6 Å². The molecule has 0 N–H and O–H groups in total. The molecule has 0 heterocycles. The summed E-state index contributed by atoms with van der Waals surface area (Å²) in [5.41, 5.74) is 0.361. The lowest BCUT2D eigenvalue weighted by atomic mass is 9.69. The van der Waals surface area contributed by atoms with Crippen LogP contribution in [0.2, 0.25) is 0 Å². The summed E-state index contributed by atoms with van der Waals surface area (Å²) < 4.78 is 26.1. The van der Waals surface area contributed by atoms with Crippen molar-refractivity contribution in [1.82, 2.24) is 0 Å². The Labute approximate surface area is 265 Å². The quantitative estimate of drug-likeness (QED) is 0.0675. The van der Waals surface area contributed by atoms with Crippen molar-refractivity contribution in [2.45, 2.75) is 77.0 Å². The lowest BCUT2D eigenvalue weighted by Crippen LogP contribution is -2.31. The summed E-state index contributed by atoms with van der Waals surface area (Å²) in [6.45, 7) is 7.75. The van der Waals surface area contributed by atoms with E-state index in [-0.39, 0.29) is 37.0 Å². The van der Waals surface area contributed by atoms with Crippen LogP contribution in [0.25, 0.3) is 0 Å². The number of carbonyl (C=O) groups excluding carboxylic acids is 5. The summed E-state index contributed by atoms with van der Waals surface area (Å²) in [4.78, 5) is 59.6. The van der Waals surface area contributed by atoms with Crippen molar-refractivity contribution in [1.29, 1.82) is 0 Å². The van der Waals surface area contributed by atoms with E-state index in [2.05, 4.69) is 13.2 Å². The van der Waals surface area contributed by atoms with E-state index in [4.69, 9.17) is 23.7 Å². The van der Waals surface area contributed by atoms with E-state index in [0.717, 1.165) is 63.5 Å². The number of esters is 5. The van der Waals surface area contributed by atoms with Gasteiger partial charge in [0.25, 0.3) is 0 Å². The molecular weight excluding hydrogens is 580 g/mol. The van der Waals surface area contributed by atoms with E-state index in [9.17, 15) is 24.0 Å². The Kier molecular flexibility index (Phi) is 15.3. The standard InChI is InChI=1S/C35H46O10/c1-3-31(36)41-21-5-7-23-43-33(38)27-13-9-25(10-14-27)26-11-15-29(16-12-26)35(40)45-30-19-17-28(18-20-30)34(39)44-24-8-6-22-42-32(37)4-2/h3-4,17-20,25-27,29H,1-2,5-16,21-24H2. The average Bonchev–Trinajstić information content (AvgIpc) is 3.07. The van der Waals surface area contributed by atoms with Gasteiger partial charge in [-0.2, -0.15) is 0 Å². The van der Waals surface area contributed by atoms with Crippen molar-refractivity contribution in [2.75, 3.05) is 26.4 Å². The fourth-order valence-corrected chi connectivity index (χ4v) is 5.92. The van der Waals surface area contributed by atoms with Gasteiger partial charge in [-0.15, -0.1) is 0 Å². The van der Waals surface area contributed by atoms with E-state index in [1.807, 2.05) is 0 Å². The molecule has 246 valence electrons. The molecule has 10 heteroatoms. The molecule has 0 amide bonds. The first-order valence-electron chi connectivity index (χ1n) is 16.0. The molecule has 0 radical (unpaired) electrons. The Balaban J connectivity index is 1.28. The van der Waals surface area contributed by atoms with Gasteiger partial charge in [-0.25, -0.2) is 14.4 Å². The Bertz CT molecular complexity index is 1140. The molecule has 2 aliphatic rings. The molecule has 0 unspecified atom stereocenters. The third kappa shape index (κ3) is 12.5. The molecule has 0 spiro atoms. The molecule has 0 atom stereocenters. The Morgan fingerprint density at radius 1 is 0.578 bits per heavy atom. The zero-order valence-electron chi connectivity index (χ0n) is 26.1. The number of carbonyl (C=O) groups is 5. The van der Waals surface area contributed by atoms with Gasteiger partial charge in [0.2, 0.25) is 0 Å². The molecule has 0 aliphatic heterocycles. The predicted octanol–water partition coefficient (Wildman–Crippen LogP) is 5.92. The molecule has 0 aromatic heterocycles. The second kappa shape index (κ2) is 19.4. The van der Waals surface area contributed by atoms with Crippen molar-refractivity contribution in [2.24, 2.45) is 23.7 Å². The van der Waals surface area contributed by atoms with Crippen molar-refractivity contribution < 1.29 is 47.7 Å². The van der Waals surface area contributed by atoms with Crippen LogP contribution in [0.4, 0.5) is 0 Å². The molecular formula is C35H46O10. The van der Waals surface area contributed by atoms with E-state index < -0.39 is 17.9 Å². The minimum atomic E-state index is -0.479. The van der Waals surface area contributed by atoms with Gasteiger partial charge in [-0.1, -0.05) is 13.2 Å². The third-order valence-electron chi connectivity index (χ3n) is 8.56. The molecule has 0 bridgehead atoms. The summed E-state index contributed by atoms with van der Waals surface area (Å²) in [5.74, 6) is -0.470. The molecule has 2 saturated carbocycles. The number of rotatable bonds is 17. The summed E-state index contributed by atoms with van der Waals surface area (Å²) in [7, 11) is 0. The molecule has 1 aromatic carbocycles. The summed E-state index contributed by atoms with van der Waals surface area (Å²) in [6.07, 6.45) is 11.8. The Morgan fingerprint density at radius 3 is 1.47 bits per heavy atom. The molecule has 2 fully saturated rings. The third-order valence-corrected chi connectivity index (χ3v) is 8.56. The first-order valence-corrected chi connectivity index (χ1v) is 16.0. The fraction of sp³-hybridized carbons (Fsp3) is 0.571. The molecule has 45 heavy (non-hydrogen) atoms. The van der Waals surface area contributed by atoms with Crippen LogP contribution in [-0.4, -0.2) is 56.3 Å². The Hall–Kier alpha value is -3.95. The SMILES string of the molecule is C=CC(=O)OCCCCOC(=O)c1ccc(OC(=O)C2CCC(C3CCC(C(=O)OCCCCOC(=O)C=C)CC3)CC2)cc1.